The maximum absolute atomic E-state index is 12.0. The highest BCUT2D eigenvalue weighted by Crippen LogP contribution is 2.29. The minimum absolute atomic E-state index is 0.233. The van der Waals surface area contributed by atoms with E-state index in [1.165, 1.54) is 0 Å². The Morgan fingerprint density at radius 2 is 2.15 bits per heavy atom. The molecule has 106 valence electrons. The van der Waals surface area contributed by atoms with Gasteiger partial charge in [-0.3, -0.25) is 9.78 Å². The Labute approximate surface area is 116 Å². The van der Waals surface area contributed by atoms with E-state index in [1.807, 2.05) is 0 Å². The number of hydrogen-bond donors (Lipinski definition) is 4. The van der Waals surface area contributed by atoms with Crippen molar-refractivity contribution in [3.63, 3.8) is 0 Å². The Balaban J connectivity index is 1.85. The average molecular weight is 274 g/mol. The number of anilines is 2. The molecule has 5 N–H and O–H groups in total. The van der Waals surface area contributed by atoms with Gasteiger partial charge < -0.3 is 16.2 Å². The summed E-state index contributed by atoms with van der Waals surface area (Å²) in [4.78, 5) is 19.0. The molecule has 20 heavy (non-hydrogen) atoms. The Kier molecular flexibility index (Phi) is 3.10. The van der Waals surface area contributed by atoms with Gasteiger partial charge in [0, 0.05) is 12.2 Å². The van der Waals surface area contributed by atoms with E-state index in [9.17, 15) is 9.90 Å². The summed E-state index contributed by atoms with van der Waals surface area (Å²) in [7, 11) is 0. The van der Waals surface area contributed by atoms with E-state index in [2.05, 4.69) is 15.3 Å². The molecule has 6 nitrogen and oxygen atoms in total. The first kappa shape index (κ1) is 12.9. The lowest BCUT2D eigenvalue weighted by Gasteiger charge is -2.22. The number of fused-ring (bicyclic) bond motifs is 1. The van der Waals surface area contributed by atoms with Crippen LogP contribution in [0.5, 0.6) is 0 Å². The fourth-order valence-corrected chi connectivity index (χ4v) is 2.70. The minimum atomic E-state index is -0.686. The fraction of sp³-hybridized carbons (Fsp3) is 0.429. The van der Waals surface area contributed by atoms with Gasteiger partial charge >= 0.3 is 0 Å². The van der Waals surface area contributed by atoms with Gasteiger partial charge in [0.1, 0.15) is 0 Å². The van der Waals surface area contributed by atoms with Crippen molar-refractivity contribution in [1.82, 2.24) is 9.97 Å². The molecule has 0 atom stereocenters. The predicted molar refractivity (Wildman–Crippen MR) is 78.7 cm³/mol. The third-order valence-corrected chi connectivity index (χ3v) is 3.85. The zero-order valence-corrected chi connectivity index (χ0v) is 11.1. The molecule has 1 aliphatic carbocycles. The lowest BCUT2D eigenvalue weighted by Crippen LogP contribution is -2.34. The number of rotatable bonds is 3. The third kappa shape index (κ3) is 2.46. The summed E-state index contributed by atoms with van der Waals surface area (Å²) < 4.78 is 0. The molecule has 3 rings (SSSR count). The van der Waals surface area contributed by atoms with Gasteiger partial charge in [0.25, 0.3) is 5.56 Å². The van der Waals surface area contributed by atoms with Crippen molar-refractivity contribution in [2.24, 2.45) is 0 Å². The van der Waals surface area contributed by atoms with Crippen LogP contribution in [0, 0.1) is 0 Å². The Morgan fingerprint density at radius 3 is 2.90 bits per heavy atom. The zero-order chi connectivity index (χ0) is 14.2. The SMILES string of the molecule is Nc1ccc2nc(NCC3(O)CCCC3)[nH]c(=O)c2c1. The van der Waals surface area contributed by atoms with Crippen molar-refractivity contribution in [2.75, 3.05) is 17.6 Å². The van der Waals surface area contributed by atoms with Crippen LogP contribution in [0.4, 0.5) is 11.6 Å². The number of nitrogens with two attached hydrogens (primary N) is 1. The monoisotopic (exact) mass is 274 g/mol. The molecule has 0 bridgehead atoms. The van der Waals surface area contributed by atoms with Crippen LogP contribution in [-0.4, -0.2) is 27.2 Å². The zero-order valence-electron chi connectivity index (χ0n) is 11.1. The van der Waals surface area contributed by atoms with Crippen LogP contribution >= 0.6 is 0 Å². The first-order valence-corrected chi connectivity index (χ1v) is 6.82. The van der Waals surface area contributed by atoms with Gasteiger partial charge in [-0.2, -0.15) is 0 Å². The van der Waals surface area contributed by atoms with Crippen molar-refractivity contribution in [3.05, 3.63) is 28.6 Å². The van der Waals surface area contributed by atoms with Crippen LogP contribution in [0.2, 0.25) is 0 Å². The second-order valence-corrected chi connectivity index (χ2v) is 5.48. The van der Waals surface area contributed by atoms with E-state index in [-0.39, 0.29) is 5.56 Å². The highest BCUT2D eigenvalue weighted by Gasteiger charge is 2.30. The molecule has 0 unspecified atom stereocenters. The number of aromatic nitrogens is 2. The summed E-state index contributed by atoms with van der Waals surface area (Å²) in [6.07, 6.45) is 3.65. The second-order valence-electron chi connectivity index (χ2n) is 5.48. The number of hydrogen-bond acceptors (Lipinski definition) is 5. The van der Waals surface area contributed by atoms with E-state index >= 15 is 0 Å². The summed E-state index contributed by atoms with van der Waals surface area (Å²) in [5.41, 5.74) is 5.86. The molecule has 0 radical (unpaired) electrons. The van der Waals surface area contributed by atoms with E-state index in [1.54, 1.807) is 18.2 Å². The average Bonchev–Trinajstić information content (AvgIpc) is 2.85. The number of H-pyrrole nitrogens is 1. The van der Waals surface area contributed by atoms with Crippen molar-refractivity contribution < 1.29 is 5.11 Å². The highest BCUT2D eigenvalue weighted by atomic mass is 16.3. The second kappa shape index (κ2) is 4.79. The maximum atomic E-state index is 12.0. The molecule has 0 saturated heterocycles. The molecular formula is C14H18N4O2. The summed E-state index contributed by atoms with van der Waals surface area (Å²) in [5.74, 6) is 0.382. The summed E-state index contributed by atoms with van der Waals surface area (Å²) in [6.45, 7) is 0.399. The van der Waals surface area contributed by atoms with Crippen LogP contribution in [-0.2, 0) is 0 Å². The molecular weight excluding hydrogens is 256 g/mol. The van der Waals surface area contributed by atoms with Crippen LogP contribution in [0.3, 0.4) is 0 Å². The van der Waals surface area contributed by atoms with Crippen molar-refractivity contribution >= 4 is 22.5 Å². The van der Waals surface area contributed by atoms with E-state index in [0.717, 1.165) is 25.7 Å². The van der Waals surface area contributed by atoms with Crippen LogP contribution in [0.1, 0.15) is 25.7 Å². The Bertz CT molecular complexity index is 689. The first-order chi connectivity index (χ1) is 9.56. The predicted octanol–water partition coefficient (Wildman–Crippen LogP) is 1.22. The number of benzene rings is 1. The molecule has 2 aromatic rings. The van der Waals surface area contributed by atoms with Gasteiger partial charge in [-0.15, -0.1) is 0 Å². The van der Waals surface area contributed by atoms with Gasteiger partial charge in [0.05, 0.1) is 16.5 Å². The summed E-state index contributed by atoms with van der Waals surface area (Å²) in [5, 5.41) is 13.8. The number of aromatic amines is 1. The standard InChI is InChI=1S/C14H18N4O2/c15-9-3-4-11-10(7-9)12(19)18-13(17-11)16-8-14(20)5-1-2-6-14/h3-4,7,20H,1-2,5-6,8,15H2,(H2,16,17,18,19). The molecule has 1 aromatic heterocycles. The van der Waals surface area contributed by atoms with Gasteiger partial charge in [-0.1, -0.05) is 12.8 Å². The largest absolute Gasteiger partial charge is 0.399 e. The van der Waals surface area contributed by atoms with Crippen molar-refractivity contribution in [2.45, 2.75) is 31.3 Å². The first-order valence-electron chi connectivity index (χ1n) is 6.82. The van der Waals surface area contributed by atoms with Crippen LogP contribution in [0.15, 0.2) is 23.0 Å². The normalized spacial score (nSPS) is 17.4. The molecule has 1 fully saturated rings. The van der Waals surface area contributed by atoms with Gasteiger partial charge in [0.2, 0.25) is 5.95 Å². The minimum Gasteiger partial charge on any atom is -0.399 e. The topological polar surface area (TPSA) is 104 Å². The molecule has 1 aromatic carbocycles. The molecule has 1 saturated carbocycles. The van der Waals surface area contributed by atoms with Crippen molar-refractivity contribution in [1.29, 1.82) is 0 Å². The molecule has 0 aliphatic heterocycles. The number of nitrogens with one attached hydrogen (secondary N) is 2. The van der Waals surface area contributed by atoms with E-state index in [4.69, 9.17) is 5.73 Å². The quantitative estimate of drug-likeness (QED) is 0.630. The third-order valence-electron chi connectivity index (χ3n) is 3.85. The van der Waals surface area contributed by atoms with Crippen LogP contribution in [0.25, 0.3) is 10.9 Å². The highest BCUT2D eigenvalue weighted by molar-refractivity contribution is 5.81. The van der Waals surface area contributed by atoms with Gasteiger partial charge in [0.15, 0.2) is 0 Å². The van der Waals surface area contributed by atoms with E-state index < -0.39 is 5.60 Å². The lowest BCUT2D eigenvalue weighted by molar-refractivity contribution is 0.0613. The molecule has 0 amide bonds. The molecule has 1 aliphatic rings. The number of aliphatic hydroxyl groups is 1. The van der Waals surface area contributed by atoms with Crippen LogP contribution < -0.4 is 16.6 Å². The molecule has 0 spiro atoms. The Morgan fingerprint density at radius 1 is 1.40 bits per heavy atom. The van der Waals surface area contributed by atoms with E-state index in [0.29, 0.717) is 29.1 Å². The summed E-state index contributed by atoms with van der Waals surface area (Å²) >= 11 is 0. The van der Waals surface area contributed by atoms with Gasteiger partial charge in [-0.05, 0) is 31.0 Å². The Hall–Kier alpha value is -2.08. The molecule has 1 heterocycles. The fourth-order valence-electron chi connectivity index (χ4n) is 2.70. The smallest absolute Gasteiger partial charge is 0.260 e. The summed E-state index contributed by atoms with van der Waals surface area (Å²) in [6, 6.07) is 5.04. The maximum Gasteiger partial charge on any atom is 0.260 e. The number of nitrogen functional groups attached to an aromatic ring is 1. The number of nitrogens with zero attached hydrogens (tertiary/aromatic N) is 1. The van der Waals surface area contributed by atoms with Crippen molar-refractivity contribution in [3.8, 4) is 0 Å². The van der Waals surface area contributed by atoms with Gasteiger partial charge in [-0.25, -0.2) is 4.98 Å². The molecule has 6 heteroatoms. The lowest BCUT2D eigenvalue weighted by atomic mass is 10.0.